The highest BCUT2D eigenvalue weighted by molar-refractivity contribution is 6.03. The van der Waals surface area contributed by atoms with Crippen molar-refractivity contribution in [2.24, 2.45) is 0 Å². The highest BCUT2D eigenvalue weighted by atomic mass is 16.1. The number of hydrogen-bond acceptors (Lipinski definition) is 4. The number of nitrogens with one attached hydrogen (secondary N) is 2. The van der Waals surface area contributed by atoms with E-state index in [0.29, 0.717) is 11.5 Å². The number of rotatable bonds is 4. The van der Waals surface area contributed by atoms with Gasteiger partial charge in [0.2, 0.25) is 5.95 Å². The van der Waals surface area contributed by atoms with Crippen LogP contribution in [0.5, 0.6) is 0 Å². The highest BCUT2D eigenvalue weighted by Crippen LogP contribution is 2.23. The first-order chi connectivity index (χ1) is 12.8. The van der Waals surface area contributed by atoms with Gasteiger partial charge in [-0.1, -0.05) is 45.0 Å². The summed E-state index contributed by atoms with van der Waals surface area (Å²) in [6.45, 7) is 8.49. The Morgan fingerprint density at radius 2 is 1.59 bits per heavy atom. The lowest BCUT2D eigenvalue weighted by Crippen LogP contribution is -2.14. The first-order valence-electron chi connectivity index (χ1n) is 8.89. The van der Waals surface area contributed by atoms with Gasteiger partial charge in [-0.05, 0) is 47.7 Å². The minimum atomic E-state index is -0.236. The van der Waals surface area contributed by atoms with Crippen LogP contribution in [0.4, 0.5) is 17.3 Å². The Hall–Kier alpha value is -3.21. The molecule has 138 valence electrons. The first-order valence-corrected chi connectivity index (χ1v) is 8.89. The van der Waals surface area contributed by atoms with Crippen molar-refractivity contribution in [3.63, 3.8) is 0 Å². The van der Waals surface area contributed by atoms with Crippen molar-refractivity contribution in [1.82, 2.24) is 9.97 Å². The largest absolute Gasteiger partial charge is 0.324 e. The molecule has 5 heteroatoms. The van der Waals surface area contributed by atoms with Crippen LogP contribution in [0.1, 0.15) is 42.3 Å². The van der Waals surface area contributed by atoms with Crippen molar-refractivity contribution in [3.8, 4) is 0 Å². The number of anilines is 3. The molecule has 0 bridgehead atoms. The van der Waals surface area contributed by atoms with E-state index in [0.717, 1.165) is 16.9 Å². The summed E-state index contributed by atoms with van der Waals surface area (Å²) in [5.74, 6) is 0.215. The molecule has 0 unspecified atom stereocenters. The maximum atomic E-state index is 12.4. The number of amides is 1. The third-order valence-electron chi connectivity index (χ3n) is 4.20. The number of hydrogen-bond donors (Lipinski definition) is 2. The van der Waals surface area contributed by atoms with E-state index in [1.807, 2.05) is 55.5 Å². The van der Waals surface area contributed by atoms with Gasteiger partial charge in [-0.25, -0.2) is 9.97 Å². The Balaban J connectivity index is 1.65. The minimum Gasteiger partial charge on any atom is -0.324 e. The molecule has 0 spiro atoms. The van der Waals surface area contributed by atoms with Gasteiger partial charge in [0.25, 0.3) is 5.91 Å². The van der Waals surface area contributed by atoms with E-state index in [9.17, 15) is 4.79 Å². The van der Waals surface area contributed by atoms with Crippen LogP contribution >= 0.6 is 0 Å². The highest BCUT2D eigenvalue weighted by Gasteiger charge is 2.13. The zero-order valence-corrected chi connectivity index (χ0v) is 16.1. The second-order valence-corrected chi connectivity index (χ2v) is 7.57. The zero-order valence-electron chi connectivity index (χ0n) is 16.1. The summed E-state index contributed by atoms with van der Waals surface area (Å²) in [7, 11) is 0. The van der Waals surface area contributed by atoms with Gasteiger partial charge in [-0.15, -0.1) is 0 Å². The molecule has 3 rings (SSSR count). The van der Waals surface area contributed by atoms with Crippen molar-refractivity contribution < 1.29 is 4.79 Å². The predicted molar refractivity (Wildman–Crippen MR) is 110 cm³/mol. The number of aryl methyl sites for hydroxylation is 1. The normalized spacial score (nSPS) is 11.1. The molecule has 0 saturated carbocycles. The van der Waals surface area contributed by atoms with Crippen molar-refractivity contribution in [3.05, 3.63) is 77.6 Å². The summed E-state index contributed by atoms with van der Waals surface area (Å²) < 4.78 is 0. The maximum absolute atomic E-state index is 12.4. The standard InChI is InChI=1S/C22H24N4O/c1-15-6-5-7-19(12-15)26-21-23-13-16(14-24-21)20(27)25-18-10-8-17(9-11-18)22(2,3)4/h5-14H,1-4H3,(H,25,27)(H,23,24,26). The third-order valence-corrected chi connectivity index (χ3v) is 4.20. The molecule has 0 aliphatic heterocycles. The lowest BCUT2D eigenvalue weighted by atomic mass is 9.87. The summed E-state index contributed by atoms with van der Waals surface area (Å²) in [5.41, 5.74) is 4.51. The summed E-state index contributed by atoms with van der Waals surface area (Å²) >= 11 is 0. The second kappa shape index (κ2) is 7.58. The average Bonchev–Trinajstić information content (AvgIpc) is 2.62. The molecule has 0 aliphatic rings. The fourth-order valence-electron chi connectivity index (χ4n) is 2.62. The van der Waals surface area contributed by atoms with E-state index >= 15 is 0 Å². The monoisotopic (exact) mass is 360 g/mol. The van der Waals surface area contributed by atoms with Crippen molar-refractivity contribution in [2.45, 2.75) is 33.1 Å². The minimum absolute atomic E-state index is 0.0799. The van der Waals surface area contributed by atoms with Crippen LogP contribution < -0.4 is 10.6 Å². The zero-order chi connectivity index (χ0) is 19.4. The quantitative estimate of drug-likeness (QED) is 0.681. The van der Waals surface area contributed by atoms with E-state index in [2.05, 4.69) is 41.4 Å². The smallest absolute Gasteiger partial charge is 0.258 e. The van der Waals surface area contributed by atoms with E-state index in [1.165, 1.54) is 18.0 Å². The van der Waals surface area contributed by atoms with Crippen LogP contribution in [0.2, 0.25) is 0 Å². The molecule has 0 saturated heterocycles. The molecule has 0 atom stereocenters. The molecule has 3 aromatic rings. The number of carbonyl (C=O) groups excluding carboxylic acids is 1. The molecule has 1 aromatic heterocycles. The van der Waals surface area contributed by atoms with Gasteiger partial charge in [0, 0.05) is 23.8 Å². The van der Waals surface area contributed by atoms with Gasteiger partial charge in [-0.2, -0.15) is 0 Å². The Labute approximate surface area is 159 Å². The molecule has 2 aromatic carbocycles. The molecule has 0 radical (unpaired) electrons. The van der Waals surface area contributed by atoms with E-state index in [-0.39, 0.29) is 11.3 Å². The van der Waals surface area contributed by atoms with Crippen LogP contribution in [-0.4, -0.2) is 15.9 Å². The van der Waals surface area contributed by atoms with Crippen LogP contribution in [0.25, 0.3) is 0 Å². The Bertz CT molecular complexity index is 926. The summed E-state index contributed by atoms with van der Waals surface area (Å²) in [6.07, 6.45) is 3.04. The summed E-state index contributed by atoms with van der Waals surface area (Å²) in [6, 6.07) is 15.8. The number of carbonyl (C=O) groups is 1. The maximum Gasteiger partial charge on any atom is 0.258 e. The third kappa shape index (κ3) is 4.91. The summed E-state index contributed by atoms with van der Waals surface area (Å²) in [5, 5.41) is 6.00. The second-order valence-electron chi connectivity index (χ2n) is 7.57. The topological polar surface area (TPSA) is 66.9 Å². The summed E-state index contributed by atoms with van der Waals surface area (Å²) in [4.78, 5) is 20.9. The van der Waals surface area contributed by atoms with Crippen LogP contribution in [0.15, 0.2) is 60.9 Å². The molecular weight excluding hydrogens is 336 g/mol. The molecule has 0 aliphatic carbocycles. The van der Waals surface area contributed by atoms with E-state index in [1.54, 1.807) is 0 Å². The molecule has 1 heterocycles. The van der Waals surface area contributed by atoms with Crippen LogP contribution in [0.3, 0.4) is 0 Å². The molecule has 5 nitrogen and oxygen atoms in total. The number of benzene rings is 2. The lowest BCUT2D eigenvalue weighted by Gasteiger charge is -2.19. The lowest BCUT2D eigenvalue weighted by molar-refractivity contribution is 0.102. The Morgan fingerprint density at radius 1 is 0.926 bits per heavy atom. The van der Waals surface area contributed by atoms with Crippen molar-refractivity contribution in [1.29, 1.82) is 0 Å². The van der Waals surface area contributed by atoms with Gasteiger partial charge >= 0.3 is 0 Å². The molecule has 1 amide bonds. The average molecular weight is 360 g/mol. The first kappa shape index (κ1) is 18.6. The Kier molecular flexibility index (Phi) is 5.21. The number of nitrogens with zero attached hydrogens (tertiary/aromatic N) is 2. The van der Waals surface area contributed by atoms with E-state index < -0.39 is 0 Å². The molecular formula is C22H24N4O. The van der Waals surface area contributed by atoms with Gasteiger partial charge in [0.1, 0.15) is 0 Å². The van der Waals surface area contributed by atoms with Crippen LogP contribution in [-0.2, 0) is 5.41 Å². The SMILES string of the molecule is Cc1cccc(Nc2ncc(C(=O)Nc3ccc(C(C)(C)C)cc3)cn2)c1. The van der Waals surface area contributed by atoms with E-state index in [4.69, 9.17) is 0 Å². The molecule has 27 heavy (non-hydrogen) atoms. The predicted octanol–water partition coefficient (Wildman–Crippen LogP) is 5.08. The van der Waals surface area contributed by atoms with Gasteiger partial charge in [0.05, 0.1) is 5.56 Å². The molecule has 0 fully saturated rings. The van der Waals surface area contributed by atoms with Gasteiger partial charge in [-0.3, -0.25) is 4.79 Å². The van der Waals surface area contributed by atoms with Crippen molar-refractivity contribution in [2.75, 3.05) is 10.6 Å². The molecule has 2 N–H and O–H groups in total. The fourth-order valence-corrected chi connectivity index (χ4v) is 2.62. The van der Waals surface area contributed by atoms with Gasteiger partial charge in [0.15, 0.2) is 0 Å². The van der Waals surface area contributed by atoms with Gasteiger partial charge < -0.3 is 10.6 Å². The Morgan fingerprint density at radius 3 is 2.19 bits per heavy atom. The number of aromatic nitrogens is 2. The fraction of sp³-hybridized carbons (Fsp3) is 0.227. The van der Waals surface area contributed by atoms with Crippen molar-refractivity contribution >= 4 is 23.2 Å². The van der Waals surface area contributed by atoms with Crippen LogP contribution in [0, 0.1) is 6.92 Å².